The summed E-state index contributed by atoms with van der Waals surface area (Å²) in [5.74, 6) is -2.74. The smallest absolute Gasteiger partial charge is 0.318 e. The molecule has 2 N–H and O–H groups in total. The predicted molar refractivity (Wildman–Crippen MR) is 86.6 cm³/mol. The summed E-state index contributed by atoms with van der Waals surface area (Å²) in [5, 5.41) is 3.34. The maximum atomic E-state index is 13.7. The third kappa shape index (κ3) is 3.51. The number of nitrogens with one attached hydrogen (secondary N) is 2. The number of imide groups is 1. The lowest BCUT2D eigenvalue weighted by Crippen LogP contribution is -2.69. The molecule has 0 spiro atoms. The Morgan fingerprint density at radius 3 is 2.27 bits per heavy atom. The molecule has 142 valence electrons. The molecule has 0 bridgehead atoms. The van der Waals surface area contributed by atoms with E-state index in [1.807, 2.05) is 0 Å². The lowest BCUT2D eigenvalue weighted by atomic mass is 10.0. The summed E-state index contributed by atoms with van der Waals surface area (Å²) >= 11 is 0. The maximum absolute atomic E-state index is 13.7. The van der Waals surface area contributed by atoms with E-state index in [4.69, 9.17) is 0 Å². The van der Waals surface area contributed by atoms with E-state index >= 15 is 0 Å². The summed E-state index contributed by atoms with van der Waals surface area (Å²) in [4.78, 5) is 37.2. The number of hydrogen-bond acceptors (Lipinski definition) is 3. The fourth-order valence-electron chi connectivity index (χ4n) is 2.76. The van der Waals surface area contributed by atoms with Gasteiger partial charge in [0, 0.05) is 6.42 Å². The van der Waals surface area contributed by atoms with Gasteiger partial charge in [0.05, 0.1) is 6.04 Å². The van der Waals surface area contributed by atoms with Gasteiger partial charge >= 0.3 is 12.2 Å². The highest BCUT2D eigenvalue weighted by atomic mass is 19.4. The number of halogens is 3. The zero-order valence-electron chi connectivity index (χ0n) is 14.6. The van der Waals surface area contributed by atoms with Crippen molar-refractivity contribution in [2.75, 3.05) is 0 Å². The predicted octanol–water partition coefficient (Wildman–Crippen LogP) is 2.72. The molecule has 1 fully saturated rings. The molecule has 1 aromatic carbocycles. The molecule has 0 aliphatic carbocycles. The van der Waals surface area contributed by atoms with E-state index in [1.165, 1.54) is 6.92 Å². The Bertz CT molecular complexity index is 706. The molecule has 0 radical (unpaired) electrons. The highest BCUT2D eigenvalue weighted by Gasteiger charge is 2.69. The average molecular weight is 371 g/mol. The van der Waals surface area contributed by atoms with Gasteiger partial charge < -0.3 is 5.32 Å². The van der Waals surface area contributed by atoms with Crippen LogP contribution >= 0.6 is 0 Å². The molecule has 9 heteroatoms. The number of carbonyl (C=O) groups is 3. The van der Waals surface area contributed by atoms with Crippen molar-refractivity contribution in [3.63, 3.8) is 0 Å². The Kier molecular flexibility index (Phi) is 5.29. The van der Waals surface area contributed by atoms with Crippen molar-refractivity contribution < 1.29 is 27.6 Å². The second-order valence-corrected chi connectivity index (χ2v) is 6.59. The van der Waals surface area contributed by atoms with Crippen LogP contribution in [0.3, 0.4) is 0 Å². The van der Waals surface area contributed by atoms with Crippen LogP contribution in [-0.2, 0) is 9.59 Å². The zero-order valence-corrected chi connectivity index (χ0v) is 14.6. The molecule has 2 rings (SSSR count). The van der Waals surface area contributed by atoms with Crippen LogP contribution in [0.15, 0.2) is 30.3 Å². The van der Waals surface area contributed by atoms with E-state index < -0.39 is 35.7 Å². The largest absolute Gasteiger partial charge is 0.440 e. The Morgan fingerprint density at radius 2 is 1.77 bits per heavy atom. The minimum Gasteiger partial charge on any atom is -0.318 e. The fraction of sp³-hybridized carbons (Fsp3) is 0.471. The Morgan fingerprint density at radius 1 is 1.19 bits per heavy atom. The van der Waals surface area contributed by atoms with Crippen molar-refractivity contribution in [3.8, 4) is 0 Å². The molecule has 0 saturated carbocycles. The average Bonchev–Trinajstić information content (AvgIpc) is 2.78. The van der Waals surface area contributed by atoms with Gasteiger partial charge in [0.1, 0.15) is 0 Å². The molecule has 6 nitrogen and oxygen atoms in total. The summed E-state index contributed by atoms with van der Waals surface area (Å²) in [6.07, 6.45) is -5.41. The molecule has 1 aromatic rings. The summed E-state index contributed by atoms with van der Waals surface area (Å²) < 4.78 is 41.1. The number of rotatable bonds is 5. The number of alkyl halides is 3. The molecule has 1 aliphatic heterocycles. The molecular weight excluding hydrogens is 351 g/mol. The molecule has 4 amide bonds. The van der Waals surface area contributed by atoms with Crippen LogP contribution in [0.4, 0.5) is 18.0 Å². The van der Waals surface area contributed by atoms with E-state index in [0.29, 0.717) is 10.5 Å². The molecule has 1 heterocycles. The highest BCUT2D eigenvalue weighted by Crippen LogP contribution is 2.37. The summed E-state index contributed by atoms with van der Waals surface area (Å²) in [7, 11) is 0. The normalized spacial score (nSPS) is 21.7. The first-order valence-electron chi connectivity index (χ1n) is 8.08. The highest BCUT2D eigenvalue weighted by molar-refractivity contribution is 6.09. The van der Waals surface area contributed by atoms with E-state index in [9.17, 15) is 27.6 Å². The van der Waals surface area contributed by atoms with Gasteiger partial charge in [-0.05, 0) is 18.4 Å². The van der Waals surface area contributed by atoms with Gasteiger partial charge in [-0.25, -0.2) is 4.79 Å². The van der Waals surface area contributed by atoms with Crippen LogP contribution < -0.4 is 10.6 Å². The Labute approximate surface area is 148 Å². The lowest BCUT2D eigenvalue weighted by molar-refractivity contribution is -0.204. The first kappa shape index (κ1) is 19.7. The van der Waals surface area contributed by atoms with Crippen molar-refractivity contribution in [1.29, 1.82) is 0 Å². The number of amides is 4. The topological polar surface area (TPSA) is 78.5 Å². The monoisotopic (exact) mass is 371 g/mol. The van der Waals surface area contributed by atoms with E-state index in [2.05, 4.69) is 0 Å². The number of benzene rings is 1. The molecule has 26 heavy (non-hydrogen) atoms. The third-order valence-corrected chi connectivity index (χ3v) is 4.07. The van der Waals surface area contributed by atoms with Gasteiger partial charge in [0.25, 0.3) is 11.6 Å². The minimum absolute atomic E-state index is 0.213. The van der Waals surface area contributed by atoms with Crippen molar-refractivity contribution in [2.24, 2.45) is 5.92 Å². The van der Waals surface area contributed by atoms with Crippen LogP contribution in [0.2, 0.25) is 0 Å². The first-order chi connectivity index (χ1) is 12.0. The molecule has 1 aliphatic rings. The van der Waals surface area contributed by atoms with Crippen molar-refractivity contribution in [1.82, 2.24) is 15.5 Å². The molecular formula is C17H20F3N3O3. The quantitative estimate of drug-likeness (QED) is 0.782. The number of hydrogen-bond donors (Lipinski definition) is 2. The van der Waals surface area contributed by atoms with Gasteiger partial charge in [-0.15, -0.1) is 0 Å². The first-order valence-corrected chi connectivity index (χ1v) is 8.08. The van der Waals surface area contributed by atoms with E-state index in [0.717, 1.165) is 0 Å². The van der Waals surface area contributed by atoms with Crippen molar-refractivity contribution >= 4 is 17.8 Å². The molecule has 2 atom stereocenters. The van der Waals surface area contributed by atoms with Gasteiger partial charge in [-0.2, -0.15) is 13.2 Å². The maximum Gasteiger partial charge on any atom is 0.440 e. The van der Waals surface area contributed by atoms with Gasteiger partial charge in [-0.1, -0.05) is 44.2 Å². The molecule has 0 aromatic heterocycles. The summed E-state index contributed by atoms with van der Waals surface area (Å²) in [5.41, 5.74) is -2.97. The van der Waals surface area contributed by atoms with Gasteiger partial charge in [-0.3, -0.25) is 19.8 Å². The van der Waals surface area contributed by atoms with Gasteiger partial charge in [0.2, 0.25) is 5.91 Å². The third-order valence-electron chi connectivity index (χ3n) is 4.07. The standard InChI is InChI=1S/C17H20F3N3O3/c1-10(2)9-13(24)21-16(17(18,19)20)14(25)23(15(26)22-16)11(3)12-7-5-4-6-8-12/h4-8,10-11H,9H2,1-3H3,(H,21,24)(H,22,26)/t11-,16+/m0/s1. The van der Waals surface area contributed by atoms with Crippen molar-refractivity contribution in [3.05, 3.63) is 35.9 Å². The van der Waals surface area contributed by atoms with E-state index in [-0.39, 0.29) is 12.3 Å². The number of carbonyl (C=O) groups excluding carboxylic acids is 3. The van der Waals surface area contributed by atoms with Gasteiger partial charge in [0.15, 0.2) is 0 Å². The molecule has 1 saturated heterocycles. The van der Waals surface area contributed by atoms with Crippen LogP contribution in [0.1, 0.15) is 38.8 Å². The summed E-state index contributed by atoms with van der Waals surface area (Å²) in [6, 6.07) is 6.03. The van der Waals surface area contributed by atoms with Crippen molar-refractivity contribution in [2.45, 2.75) is 45.1 Å². The fourth-order valence-corrected chi connectivity index (χ4v) is 2.76. The Hall–Kier alpha value is -2.58. The number of nitrogens with zero attached hydrogens (tertiary/aromatic N) is 1. The summed E-state index contributed by atoms with van der Waals surface area (Å²) in [6.45, 7) is 4.74. The van der Waals surface area contributed by atoms with Crippen LogP contribution in [-0.4, -0.2) is 34.6 Å². The van der Waals surface area contributed by atoms with Crippen LogP contribution in [0.5, 0.6) is 0 Å². The van der Waals surface area contributed by atoms with Crippen LogP contribution in [0, 0.1) is 5.92 Å². The van der Waals surface area contributed by atoms with Crippen LogP contribution in [0.25, 0.3) is 0 Å². The van der Waals surface area contributed by atoms with E-state index in [1.54, 1.807) is 54.8 Å². The lowest BCUT2D eigenvalue weighted by Gasteiger charge is -2.31. The minimum atomic E-state index is -5.20. The molecule has 0 unspecified atom stereocenters. The second kappa shape index (κ2) is 6.97. The zero-order chi connectivity index (χ0) is 19.7. The SMILES string of the molecule is CC(C)CC(=O)N[C@@]1(C(F)(F)F)NC(=O)N([C@@H](C)c2ccccc2)C1=O. The Balaban J connectivity index is 2.38. The number of urea groups is 1. The second-order valence-electron chi connectivity index (χ2n) is 6.59.